The molecule has 0 saturated carbocycles. The van der Waals surface area contributed by atoms with Crippen LogP contribution in [-0.4, -0.2) is 119 Å². The lowest BCUT2D eigenvalue weighted by molar-refractivity contribution is -0.118. The Kier molecular flexibility index (Phi) is 30.4. The number of carbonyl (C=O) groups is 3. The number of alkyl halides is 3. The first kappa shape index (κ1) is 84.6. The summed E-state index contributed by atoms with van der Waals surface area (Å²) in [6.07, 6.45) is 10.3. The van der Waals surface area contributed by atoms with Gasteiger partial charge in [0.1, 0.15) is 11.5 Å². The zero-order valence-electron chi connectivity index (χ0n) is 63.7. The number of hydrogen-bond acceptors (Lipinski definition) is 11. The number of anilines is 2. The van der Waals surface area contributed by atoms with E-state index in [0.717, 1.165) is 106 Å². The smallest absolute Gasteiger partial charge is 0.482 e. The number of primary amides is 1. The summed E-state index contributed by atoms with van der Waals surface area (Å²) < 4.78 is 122. The molecule has 576 valence electrons. The van der Waals surface area contributed by atoms with Crippen molar-refractivity contribution < 1.29 is 62.3 Å². The summed E-state index contributed by atoms with van der Waals surface area (Å²) in [7, 11) is -9.94. The number of fused-ring (bicyclic) bond motifs is 6. The van der Waals surface area contributed by atoms with E-state index in [1.807, 2.05) is 53.4 Å². The number of carbonyl (C=O) groups excluding carboxylic acids is 3. The Balaban J connectivity index is 0.000000176. The van der Waals surface area contributed by atoms with Crippen molar-refractivity contribution in [1.82, 2.24) is 23.7 Å². The van der Waals surface area contributed by atoms with Crippen molar-refractivity contribution in [3.8, 4) is 11.5 Å². The molecule has 0 radical (unpaired) electrons. The average molecular weight is 1510 g/mol. The molecule has 6 aromatic carbocycles. The molecule has 0 unspecified atom stereocenters. The van der Waals surface area contributed by atoms with Gasteiger partial charge in [0, 0.05) is 59.4 Å². The SMILES string of the molecule is CC(C)Cc1ccc2c(c1)CN(C(N)=O)CC2.CC(C)Cc1ccc2c(c1)CN(S(=O)(=O)C(F)(F)F)CC2.CC(C)Cc1ccc2c(c1)CN(S(C)(=O)=O)CC2.CC(C)Cc1ccc2c(c1)NC(=O)CO2.CC(C)Cc1ccc2c(c1)NS(=O)(=O)CO2.CNC(=O)N1CCc2ccc(CC(C)C)cc2C1. The van der Waals surface area contributed by atoms with Crippen LogP contribution in [0.15, 0.2) is 109 Å². The third-order valence-electron chi connectivity index (χ3n) is 18.2. The Hall–Kier alpha value is -7.71. The zero-order valence-corrected chi connectivity index (χ0v) is 66.2. The second-order valence-electron chi connectivity index (χ2n) is 30.6. The molecule has 0 spiro atoms. The topological polar surface area (TPSA) is 247 Å². The molecule has 12 rings (SSSR count). The molecular formula is C80H111F3N8O11S3. The first-order chi connectivity index (χ1) is 49.2. The Morgan fingerprint density at radius 1 is 0.495 bits per heavy atom. The normalized spacial score (nSPS) is 15.9. The van der Waals surface area contributed by atoms with Gasteiger partial charge in [-0.1, -0.05) is 168 Å². The lowest BCUT2D eigenvalue weighted by Gasteiger charge is -2.29. The molecule has 6 aromatic rings. The predicted molar refractivity (Wildman–Crippen MR) is 412 cm³/mol. The summed E-state index contributed by atoms with van der Waals surface area (Å²) >= 11 is 0. The van der Waals surface area contributed by atoms with Crippen LogP contribution < -0.4 is 30.6 Å². The number of urea groups is 2. The number of benzene rings is 6. The highest BCUT2D eigenvalue weighted by Gasteiger charge is 2.50. The quantitative estimate of drug-likeness (QED) is 0.0798. The fraction of sp³-hybridized carbons (Fsp3) is 0.512. The molecule has 0 atom stereocenters. The summed E-state index contributed by atoms with van der Waals surface area (Å²) in [5.41, 5.74) is 18.2. The van der Waals surface area contributed by atoms with Crippen molar-refractivity contribution in [2.45, 2.75) is 179 Å². The monoisotopic (exact) mass is 1510 g/mol. The van der Waals surface area contributed by atoms with Crippen LogP contribution in [0.1, 0.15) is 161 Å². The average Bonchev–Trinajstić information content (AvgIpc) is 0.789. The molecule has 105 heavy (non-hydrogen) atoms. The molecule has 6 aliphatic heterocycles. The van der Waals surface area contributed by atoms with Gasteiger partial charge in [-0.25, -0.2) is 34.8 Å². The van der Waals surface area contributed by atoms with Crippen molar-refractivity contribution in [3.05, 3.63) is 187 Å². The van der Waals surface area contributed by atoms with Crippen LogP contribution in [0.4, 0.5) is 34.1 Å². The molecule has 0 saturated heterocycles. The van der Waals surface area contributed by atoms with Gasteiger partial charge in [-0.05, 0) is 202 Å². The van der Waals surface area contributed by atoms with E-state index in [4.69, 9.17) is 15.2 Å². The summed E-state index contributed by atoms with van der Waals surface area (Å²) in [4.78, 5) is 37.5. The highest BCUT2D eigenvalue weighted by molar-refractivity contribution is 7.92. The third-order valence-corrected chi connectivity index (χ3v) is 22.0. The van der Waals surface area contributed by atoms with Gasteiger partial charge in [-0.3, -0.25) is 9.52 Å². The van der Waals surface area contributed by atoms with Crippen molar-refractivity contribution in [2.24, 2.45) is 41.2 Å². The molecule has 6 aliphatic rings. The van der Waals surface area contributed by atoms with E-state index in [0.29, 0.717) is 82.9 Å². The van der Waals surface area contributed by atoms with Gasteiger partial charge in [0.2, 0.25) is 16.0 Å². The molecule has 19 nitrogen and oxygen atoms in total. The van der Waals surface area contributed by atoms with Crippen molar-refractivity contribution >= 4 is 59.4 Å². The van der Waals surface area contributed by atoms with Gasteiger partial charge < -0.3 is 35.6 Å². The third kappa shape index (κ3) is 26.0. The van der Waals surface area contributed by atoms with E-state index in [-0.39, 0.29) is 43.6 Å². The fourth-order valence-electron chi connectivity index (χ4n) is 13.4. The Bertz CT molecular complexity index is 4320. The number of ether oxygens (including phenoxy) is 2. The lowest BCUT2D eigenvalue weighted by atomic mass is 9.94. The van der Waals surface area contributed by atoms with Gasteiger partial charge in [0.05, 0.1) is 17.6 Å². The number of nitrogens with one attached hydrogen (secondary N) is 3. The number of halogens is 3. The van der Waals surface area contributed by atoms with Crippen LogP contribution in [0.25, 0.3) is 0 Å². The van der Waals surface area contributed by atoms with Crippen molar-refractivity contribution in [2.75, 3.05) is 62.1 Å². The molecular weight excluding hydrogens is 1400 g/mol. The predicted octanol–water partition coefficient (Wildman–Crippen LogP) is 14.4. The number of rotatable bonds is 14. The molecule has 0 aromatic heterocycles. The van der Waals surface area contributed by atoms with Gasteiger partial charge in [-0.2, -0.15) is 21.8 Å². The number of nitrogens with zero attached hydrogens (tertiary/aromatic N) is 4. The molecule has 5 amide bonds. The van der Waals surface area contributed by atoms with Gasteiger partial charge in [0.15, 0.2) is 6.61 Å². The molecule has 25 heteroatoms. The summed E-state index contributed by atoms with van der Waals surface area (Å²) in [6.45, 7) is 29.9. The Labute approximate surface area is 622 Å². The summed E-state index contributed by atoms with van der Waals surface area (Å²) in [6, 6.07) is 36.9. The molecule has 0 aliphatic carbocycles. The fourth-order valence-corrected chi connectivity index (χ4v) is 16.0. The number of amides is 5. The van der Waals surface area contributed by atoms with Crippen LogP contribution in [0.3, 0.4) is 0 Å². The molecule has 6 heterocycles. The Morgan fingerprint density at radius 3 is 1.23 bits per heavy atom. The first-order valence-corrected chi connectivity index (χ1v) is 41.5. The maximum atomic E-state index is 12.6. The largest absolute Gasteiger partial charge is 0.511 e. The Morgan fingerprint density at radius 2 is 0.838 bits per heavy atom. The molecule has 0 bridgehead atoms. The minimum Gasteiger partial charge on any atom is -0.482 e. The summed E-state index contributed by atoms with van der Waals surface area (Å²) in [5, 5.41) is 5.51. The highest BCUT2D eigenvalue weighted by Crippen LogP contribution is 2.35. The van der Waals surface area contributed by atoms with Gasteiger partial charge in [-0.15, -0.1) is 0 Å². The molecule has 5 N–H and O–H groups in total. The van der Waals surface area contributed by atoms with Gasteiger partial charge in [0.25, 0.3) is 15.9 Å². The van der Waals surface area contributed by atoms with Crippen molar-refractivity contribution in [1.29, 1.82) is 0 Å². The van der Waals surface area contributed by atoms with Crippen molar-refractivity contribution in [3.63, 3.8) is 0 Å². The van der Waals surface area contributed by atoms with Gasteiger partial charge >= 0.3 is 27.6 Å². The minimum atomic E-state index is -5.24. The van der Waals surface area contributed by atoms with Crippen LogP contribution in [0.5, 0.6) is 11.5 Å². The number of sulfonamides is 3. The van der Waals surface area contributed by atoms with E-state index in [2.05, 4.69) is 159 Å². The van der Waals surface area contributed by atoms with E-state index >= 15 is 0 Å². The van der Waals surface area contributed by atoms with E-state index < -0.39 is 35.6 Å². The second-order valence-corrected chi connectivity index (χ2v) is 36.2. The van der Waals surface area contributed by atoms with E-state index in [9.17, 15) is 52.8 Å². The first-order valence-electron chi connectivity index (χ1n) is 36.5. The van der Waals surface area contributed by atoms with Crippen LogP contribution in [0.2, 0.25) is 0 Å². The lowest BCUT2D eigenvalue weighted by Crippen LogP contribution is -2.43. The van der Waals surface area contributed by atoms with Crippen LogP contribution >= 0.6 is 0 Å². The standard InChI is InChI=1S/C15H22N2O.C14H18F3NO2S.C14H20N2O.C14H21NO2S.C12H15NO2.C11H15NO3S/c1-11(2)8-12-4-5-13-6-7-17(15(18)16-3)10-14(13)9-12;1-10(2)7-11-3-4-12-5-6-18(9-13(12)8-11)21(19,20)14(15,16)17;1-10(2)7-11-3-4-12-5-6-16(14(15)17)9-13(12)8-11;1-11(2)8-12-4-5-13-6-7-15(18(3,16)17)10-14(13)9-12;1-8(2)5-9-3-4-11-10(6-9)13-12(14)7-15-11;1-8(2)5-9-3-4-11-10(6-9)12-16(13,14)7-15-11/h4-5,9,11H,6-8,10H2,1-3H3,(H,16,18);3-4,8,10H,5-7,9H2,1-2H3;3-4,8,10H,5-7,9H2,1-2H3,(H2,15,17);4-5,9,11H,6-8,10H2,1-3H3;3-4,6,8H,5,7H2,1-2H3,(H,13,14);3-4,6,8,12H,5,7H2,1-2H3. The summed E-state index contributed by atoms with van der Waals surface area (Å²) in [5.74, 6) is 4.52. The minimum absolute atomic E-state index is 0.0231. The van der Waals surface area contributed by atoms with E-state index in [1.54, 1.807) is 16.3 Å². The van der Waals surface area contributed by atoms with Crippen LogP contribution in [0, 0.1) is 35.5 Å². The second kappa shape index (κ2) is 37.7. The number of nitrogens with two attached hydrogens (primary N) is 1. The van der Waals surface area contributed by atoms with E-state index in [1.165, 1.54) is 61.9 Å². The molecule has 0 fully saturated rings. The number of hydrogen-bond donors (Lipinski definition) is 4. The maximum absolute atomic E-state index is 12.6. The van der Waals surface area contributed by atoms with Crippen LogP contribution in [-0.2, 0) is 125 Å². The zero-order chi connectivity index (χ0) is 77.3. The highest BCUT2D eigenvalue weighted by atomic mass is 32.2. The maximum Gasteiger partial charge on any atom is 0.511 e.